The van der Waals surface area contributed by atoms with Gasteiger partial charge in [0, 0.05) is 35.4 Å². The highest BCUT2D eigenvalue weighted by Gasteiger charge is 2.24. The summed E-state index contributed by atoms with van der Waals surface area (Å²) in [6.45, 7) is 1.86. The summed E-state index contributed by atoms with van der Waals surface area (Å²) >= 11 is 0. The lowest BCUT2D eigenvalue weighted by atomic mass is 9.89. The molecule has 1 atom stereocenters. The van der Waals surface area contributed by atoms with Crippen molar-refractivity contribution in [3.63, 3.8) is 0 Å². The average molecular weight is 323 g/mol. The van der Waals surface area contributed by atoms with E-state index in [0.29, 0.717) is 11.4 Å². The van der Waals surface area contributed by atoms with E-state index in [2.05, 4.69) is 10.3 Å². The number of nitrogens with one attached hydrogen (secondary N) is 1. The van der Waals surface area contributed by atoms with E-state index < -0.39 is 10.8 Å². The van der Waals surface area contributed by atoms with Crippen molar-refractivity contribution in [1.82, 2.24) is 5.32 Å². The Balaban J connectivity index is 1.88. The fourth-order valence-corrected chi connectivity index (χ4v) is 2.59. The van der Waals surface area contributed by atoms with Gasteiger partial charge in [-0.1, -0.05) is 17.7 Å². The first kappa shape index (κ1) is 15.5. The molecule has 2 aliphatic rings. The molecule has 1 aromatic rings. The average Bonchev–Trinajstić information content (AvgIpc) is 2.54. The van der Waals surface area contributed by atoms with Crippen LogP contribution in [0.25, 0.3) is 0 Å². The van der Waals surface area contributed by atoms with E-state index in [1.165, 1.54) is 30.3 Å². The number of benzene rings is 1. The van der Waals surface area contributed by atoms with Gasteiger partial charge in [0.15, 0.2) is 0 Å². The van der Waals surface area contributed by atoms with Crippen molar-refractivity contribution < 1.29 is 14.5 Å². The Bertz CT molecular complexity index is 878. The van der Waals surface area contributed by atoms with Gasteiger partial charge in [0.05, 0.1) is 10.6 Å². The van der Waals surface area contributed by atoms with Crippen molar-refractivity contribution in [2.45, 2.75) is 6.92 Å². The van der Waals surface area contributed by atoms with Crippen LogP contribution in [-0.4, -0.2) is 22.4 Å². The number of nitro groups is 1. The minimum atomic E-state index is -0.581. The molecule has 120 valence electrons. The molecule has 24 heavy (non-hydrogen) atoms. The van der Waals surface area contributed by atoms with Crippen LogP contribution in [0.2, 0.25) is 0 Å². The minimum Gasteiger partial charge on any atom is -0.325 e. The Morgan fingerprint density at radius 3 is 2.88 bits per heavy atom. The molecule has 0 spiro atoms. The first-order chi connectivity index (χ1) is 11.4. The maximum absolute atomic E-state index is 12.2. The van der Waals surface area contributed by atoms with Crippen LogP contribution in [0.5, 0.6) is 0 Å². The third-order valence-corrected chi connectivity index (χ3v) is 3.75. The molecule has 7 heteroatoms. The molecule has 0 fully saturated rings. The second-order valence-corrected chi connectivity index (χ2v) is 5.46. The zero-order valence-corrected chi connectivity index (χ0v) is 12.7. The summed E-state index contributed by atoms with van der Waals surface area (Å²) in [7, 11) is 0. The molecule has 0 radical (unpaired) electrons. The first-order valence-corrected chi connectivity index (χ1v) is 7.20. The van der Waals surface area contributed by atoms with Crippen LogP contribution in [0, 0.1) is 16.0 Å². The Labute approximate surface area is 137 Å². The summed E-state index contributed by atoms with van der Waals surface area (Å²) in [5.74, 6) is -0.827. The number of amides is 2. The number of hydrogen-bond acceptors (Lipinski definition) is 4. The third kappa shape index (κ3) is 3.05. The van der Waals surface area contributed by atoms with Crippen LogP contribution in [0.15, 0.2) is 64.8 Å². The summed E-state index contributed by atoms with van der Waals surface area (Å²) < 4.78 is 0. The van der Waals surface area contributed by atoms with Gasteiger partial charge in [0.25, 0.3) is 11.6 Å². The van der Waals surface area contributed by atoms with Crippen LogP contribution in [0.4, 0.5) is 5.69 Å². The second kappa shape index (κ2) is 6.04. The largest absolute Gasteiger partial charge is 0.325 e. The number of aliphatic imine (C=N–C) groups is 1. The monoisotopic (exact) mass is 323 g/mol. The third-order valence-electron chi connectivity index (χ3n) is 3.75. The van der Waals surface area contributed by atoms with Gasteiger partial charge in [-0.15, -0.1) is 0 Å². The lowest BCUT2D eigenvalue weighted by molar-refractivity contribution is -0.384. The normalized spacial score (nSPS) is 20.8. The van der Waals surface area contributed by atoms with Crippen molar-refractivity contribution in [2.24, 2.45) is 10.9 Å². The van der Waals surface area contributed by atoms with E-state index in [-0.39, 0.29) is 23.1 Å². The van der Waals surface area contributed by atoms with Crippen LogP contribution in [0.1, 0.15) is 17.3 Å². The van der Waals surface area contributed by atoms with Gasteiger partial charge in [0.1, 0.15) is 0 Å². The molecule has 7 nitrogen and oxygen atoms in total. The first-order valence-electron chi connectivity index (χ1n) is 7.20. The molecule has 0 bridgehead atoms. The number of carbonyl (C=O) groups is 2. The fraction of sp³-hybridized carbons (Fsp3) is 0.118. The SMILES string of the molecule is CC1=CC(=O)NC2=CC(=NC(=O)c3cccc([N+](=O)[O-])c3)C=CC12. The molecule has 2 amide bonds. The lowest BCUT2D eigenvalue weighted by Gasteiger charge is -2.25. The molecular weight excluding hydrogens is 310 g/mol. The van der Waals surface area contributed by atoms with E-state index >= 15 is 0 Å². The topological polar surface area (TPSA) is 102 Å². The number of non-ortho nitro benzene ring substituents is 1. The number of hydrogen-bond donors (Lipinski definition) is 1. The standard InChI is InChI=1S/C17H13N3O4/c1-10-7-16(21)19-15-9-12(5-6-14(10)15)18-17(22)11-3-2-4-13(8-11)20(23)24/h2-9,14H,1H3,(H,19,21). The molecule has 1 heterocycles. The van der Waals surface area contributed by atoms with E-state index in [9.17, 15) is 19.7 Å². The highest BCUT2D eigenvalue weighted by Crippen LogP contribution is 2.26. The van der Waals surface area contributed by atoms with Gasteiger partial charge in [-0.3, -0.25) is 19.7 Å². The van der Waals surface area contributed by atoms with Gasteiger partial charge in [-0.25, -0.2) is 4.99 Å². The number of fused-ring (bicyclic) bond motifs is 1. The van der Waals surface area contributed by atoms with Crippen molar-refractivity contribution >= 4 is 23.2 Å². The summed E-state index contributed by atoms with van der Waals surface area (Å²) in [6.07, 6.45) is 6.70. The van der Waals surface area contributed by atoms with Crippen LogP contribution in [0.3, 0.4) is 0 Å². The van der Waals surface area contributed by atoms with Crippen LogP contribution < -0.4 is 5.32 Å². The molecule has 1 aromatic carbocycles. The second-order valence-electron chi connectivity index (χ2n) is 5.46. The zero-order chi connectivity index (χ0) is 17.3. The van der Waals surface area contributed by atoms with Crippen molar-refractivity contribution in [3.05, 3.63) is 75.5 Å². The minimum absolute atomic E-state index is 0.0328. The molecule has 3 rings (SSSR count). The predicted octanol–water partition coefficient (Wildman–Crippen LogP) is 2.32. The van der Waals surface area contributed by atoms with Crippen molar-refractivity contribution in [1.29, 1.82) is 0 Å². The maximum Gasteiger partial charge on any atom is 0.277 e. The van der Waals surface area contributed by atoms with E-state index in [1.54, 1.807) is 12.2 Å². The van der Waals surface area contributed by atoms with E-state index in [1.807, 2.05) is 13.0 Å². The zero-order valence-electron chi connectivity index (χ0n) is 12.7. The van der Waals surface area contributed by atoms with Gasteiger partial charge in [-0.05, 0) is 25.1 Å². The molecule has 1 aliphatic carbocycles. The van der Waals surface area contributed by atoms with Crippen LogP contribution >= 0.6 is 0 Å². The molecule has 1 unspecified atom stereocenters. The maximum atomic E-state index is 12.2. The van der Waals surface area contributed by atoms with Gasteiger partial charge in [0.2, 0.25) is 5.91 Å². The van der Waals surface area contributed by atoms with E-state index in [0.717, 1.165) is 5.57 Å². The number of allylic oxidation sites excluding steroid dienone is 3. The smallest absolute Gasteiger partial charge is 0.277 e. The number of nitrogens with zero attached hydrogens (tertiary/aromatic N) is 2. The summed E-state index contributed by atoms with van der Waals surface area (Å²) in [5.41, 5.74) is 1.92. The molecule has 0 aromatic heterocycles. The summed E-state index contributed by atoms with van der Waals surface area (Å²) in [5, 5.41) is 13.5. The Hall–Kier alpha value is -3.35. The summed E-state index contributed by atoms with van der Waals surface area (Å²) in [4.78, 5) is 37.9. The molecular formula is C17H13N3O4. The molecule has 0 saturated heterocycles. The quantitative estimate of drug-likeness (QED) is 0.666. The molecule has 1 N–H and O–H groups in total. The number of nitro benzene ring substituents is 1. The number of rotatable bonds is 2. The fourth-order valence-electron chi connectivity index (χ4n) is 2.59. The molecule has 1 aliphatic heterocycles. The van der Waals surface area contributed by atoms with Gasteiger partial charge >= 0.3 is 0 Å². The summed E-state index contributed by atoms with van der Waals surface area (Å²) in [6, 6.07) is 5.40. The highest BCUT2D eigenvalue weighted by atomic mass is 16.6. The van der Waals surface area contributed by atoms with Gasteiger partial charge < -0.3 is 5.32 Å². The van der Waals surface area contributed by atoms with Crippen LogP contribution in [-0.2, 0) is 4.79 Å². The predicted molar refractivity (Wildman–Crippen MR) is 87.5 cm³/mol. The lowest BCUT2D eigenvalue weighted by Crippen LogP contribution is -2.32. The van der Waals surface area contributed by atoms with Crippen molar-refractivity contribution in [2.75, 3.05) is 0 Å². The van der Waals surface area contributed by atoms with Crippen molar-refractivity contribution in [3.8, 4) is 0 Å². The van der Waals surface area contributed by atoms with Gasteiger partial charge in [-0.2, -0.15) is 0 Å². The Morgan fingerprint density at radius 1 is 1.33 bits per heavy atom. The number of carbonyl (C=O) groups excluding carboxylic acids is 2. The molecule has 0 saturated carbocycles. The Kier molecular flexibility index (Phi) is 3.91. The van der Waals surface area contributed by atoms with E-state index in [4.69, 9.17) is 0 Å². The Morgan fingerprint density at radius 2 is 2.12 bits per heavy atom. The highest BCUT2D eigenvalue weighted by molar-refractivity contribution is 6.14.